The minimum absolute atomic E-state index is 0.0108. The van der Waals surface area contributed by atoms with E-state index < -0.39 is 17.7 Å². The van der Waals surface area contributed by atoms with E-state index in [9.17, 15) is 14.7 Å². The smallest absolute Gasteiger partial charge is 0.301 e. The van der Waals surface area contributed by atoms with Gasteiger partial charge in [-0.25, -0.2) is 0 Å². The van der Waals surface area contributed by atoms with Gasteiger partial charge in [0.1, 0.15) is 18.1 Å². The lowest BCUT2D eigenvalue weighted by Gasteiger charge is -2.22. The molecule has 4 aromatic carbocycles. The first-order valence-electron chi connectivity index (χ1n) is 14.7. The van der Waals surface area contributed by atoms with Gasteiger partial charge in [-0.2, -0.15) is 0 Å². The number of aliphatic hydroxyl groups excluding tert-OH is 1. The van der Waals surface area contributed by atoms with E-state index in [1.807, 2.05) is 79.7 Å². The number of ketones is 1. The third kappa shape index (κ3) is 6.58. The highest BCUT2D eigenvalue weighted by molar-refractivity contribution is 8.00. The molecule has 1 atom stereocenters. The van der Waals surface area contributed by atoms with Crippen molar-refractivity contribution in [2.75, 3.05) is 4.90 Å². The van der Waals surface area contributed by atoms with Crippen molar-refractivity contribution in [3.63, 3.8) is 0 Å². The molecule has 1 N–H and O–H groups in total. The van der Waals surface area contributed by atoms with Crippen LogP contribution in [0.1, 0.15) is 46.3 Å². The van der Waals surface area contributed by atoms with Crippen LogP contribution in [-0.2, 0) is 28.4 Å². The minimum Gasteiger partial charge on any atom is -0.507 e. The summed E-state index contributed by atoms with van der Waals surface area (Å²) in [5, 5.41) is 21.1. The van der Waals surface area contributed by atoms with Gasteiger partial charge >= 0.3 is 5.91 Å². The molecule has 2 heterocycles. The second-order valence-corrected chi connectivity index (χ2v) is 13.3. The van der Waals surface area contributed by atoms with E-state index >= 15 is 0 Å². The number of ether oxygens (including phenoxy) is 1. The fourth-order valence-electron chi connectivity index (χ4n) is 5.19. The van der Waals surface area contributed by atoms with Crippen LogP contribution < -0.4 is 9.64 Å². The van der Waals surface area contributed by atoms with Gasteiger partial charge in [0.15, 0.2) is 4.34 Å². The van der Waals surface area contributed by atoms with Gasteiger partial charge in [0.2, 0.25) is 5.13 Å². The number of carbonyl (C=O) groups is 2. The van der Waals surface area contributed by atoms with Crippen molar-refractivity contribution < 1.29 is 19.4 Å². The average Bonchev–Trinajstić information content (AvgIpc) is 3.65. The molecule has 0 saturated carbocycles. The molecular formula is C36H30ClN3O4S2. The normalized spacial score (nSPS) is 15.8. The molecular weight excluding hydrogens is 638 g/mol. The Hall–Kier alpha value is -4.44. The molecule has 232 valence electrons. The molecule has 10 heteroatoms. The Balaban J connectivity index is 1.31. The summed E-state index contributed by atoms with van der Waals surface area (Å²) in [4.78, 5) is 28.6. The molecule has 1 aliphatic heterocycles. The summed E-state index contributed by atoms with van der Waals surface area (Å²) in [5.74, 6) is -0.651. The van der Waals surface area contributed by atoms with Crippen molar-refractivity contribution in [2.24, 2.45) is 0 Å². The summed E-state index contributed by atoms with van der Waals surface area (Å²) in [5.41, 5.74) is 5.33. The highest BCUT2D eigenvalue weighted by Gasteiger charge is 2.48. The number of hydrogen-bond donors (Lipinski definition) is 1. The van der Waals surface area contributed by atoms with Gasteiger partial charge < -0.3 is 9.84 Å². The molecule has 1 aliphatic rings. The second-order valence-electron chi connectivity index (χ2n) is 10.7. The molecule has 1 amide bonds. The molecule has 1 aromatic heterocycles. The Kier molecular flexibility index (Phi) is 9.53. The fraction of sp³-hybridized carbons (Fsp3) is 0.167. The molecule has 0 aliphatic carbocycles. The number of Topliss-reactive ketones (excluding diaryl/α,β-unsaturated/α-hetero) is 1. The first-order valence-corrected chi connectivity index (χ1v) is 16.9. The SMILES string of the molecule is CCc1ccc(C2C(=C(O)c3ccc(OCc4ccccc4C)cc3)C(=O)C(=O)N2c2nnc(SCc3ccccc3Cl)s2)cc1. The lowest BCUT2D eigenvalue weighted by Crippen LogP contribution is -2.29. The van der Waals surface area contributed by atoms with Gasteiger partial charge in [-0.1, -0.05) is 108 Å². The number of rotatable bonds is 10. The summed E-state index contributed by atoms with van der Waals surface area (Å²) in [6.45, 7) is 4.49. The van der Waals surface area contributed by atoms with E-state index in [0.29, 0.717) is 38.6 Å². The molecule has 1 unspecified atom stereocenters. The van der Waals surface area contributed by atoms with E-state index in [1.54, 1.807) is 24.3 Å². The van der Waals surface area contributed by atoms with Gasteiger partial charge in [-0.15, -0.1) is 10.2 Å². The lowest BCUT2D eigenvalue weighted by atomic mass is 9.94. The Bertz CT molecular complexity index is 1920. The maximum Gasteiger partial charge on any atom is 0.301 e. The van der Waals surface area contributed by atoms with Gasteiger partial charge in [0.05, 0.1) is 11.6 Å². The third-order valence-electron chi connectivity index (χ3n) is 7.84. The van der Waals surface area contributed by atoms with E-state index in [-0.39, 0.29) is 16.5 Å². The van der Waals surface area contributed by atoms with E-state index in [4.69, 9.17) is 16.3 Å². The number of hydrogen-bond acceptors (Lipinski definition) is 8. The van der Waals surface area contributed by atoms with Crippen LogP contribution in [0.5, 0.6) is 5.75 Å². The summed E-state index contributed by atoms with van der Waals surface area (Å²) in [6, 6.07) is 29.2. The van der Waals surface area contributed by atoms with E-state index in [2.05, 4.69) is 17.1 Å². The predicted octanol–water partition coefficient (Wildman–Crippen LogP) is 8.56. The topological polar surface area (TPSA) is 92.6 Å². The molecule has 46 heavy (non-hydrogen) atoms. The lowest BCUT2D eigenvalue weighted by molar-refractivity contribution is -0.132. The van der Waals surface area contributed by atoms with Crippen LogP contribution in [0.4, 0.5) is 5.13 Å². The second kappa shape index (κ2) is 13.9. The zero-order chi connectivity index (χ0) is 32.2. The fourth-order valence-corrected chi connectivity index (χ4v) is 7.34. The Labute approximate surface area is 280 Å². The number of aromatic nitrogens is 2. The van der Waals surface area contributed by atoms with Gasteiger partial charge in [-0.05, 0) is 71.5 Å². The number of halogens is 1. The minimum atomic E-state index is -0.891. The number of nitrogens with zero attached hydrogens (tertiary/aromatic N) is 3. The Morgan fingerprint density at radius 3 is 2.33 bits per heavy atom. The highest BCUT2D eigenvalue weighted by atomic mass is 35.5. The van der Waals surface area contributed by atoms with Crippen LogP contribution in [-0.4, -0.2) is 27.0 Å². The molecule has 7 nitrogen and oxygen atoms in total. The molecule has 0 radical (unpaired) electrons. The first-order chi connectivity index (χ1) is 22.3. The number of benzene rings is 4. The Morgan fingerprint density at radius 1 is 0.935 bits per heavy atom. The summed E-state index contributed by atoms with van der Waals surface area (Å²) in [6.07, 6.45) is 0.834. The average molecular weight is 668 g/mol. The zero-order valence-corrected chi connectivity index (χ0v) is 27.5. The number of aryl methyl sites for hydroxylation is 2. The van der Waals surface area contributed by atoms with E-state index in [0.717, 1.165) is 28.7 Å². The summed E-state index contributed by atoms with van der Waals surface area (Å²) >= 11 is 8.98. The summed E-state index contributed by atoms with van der Waals surface area (Å²) in [7, 11) is 0. The standard InChI is InChI=1S/C36H30ClN3O4S2/c1-3-23-12-14-24(15-13-23)31-30(32(41)25-16-18-28(19-17-25)44-20-26-9-5-4-8-22(26)2)33(42)34(43)40(31)35-38-39-36(46-35)45-21-27-10-6-7-11-29(27)37/h4-19,31,41H,3,20-21H2,1-2H3. The van der Waals surface area contributed by atoms with Crippen LogP contribution in [0.25, 0.3) is 5.76 Å². The van der Waals surface area contributed by atoms with Crippen LogP contribution >= 0.6 is 34.7 Å². The van der Waals surface area contributed by atoms with Crippen LogP contribution in [0, 0.1) is 6.92 Å². The molecule has 1 saturated heterocycles. The number of amides is 1. The molecule has 0 bridgehead atoms. The number of anilines is 1. The van der Waals surface area contributed by atoms with Crippen molar-refractivity contribution in [3.05, 3.63) is 141 Å². The predicted molar refractivity (Wildman–Crippen MR) is 183 cm³/mol. The first kappa shape index (κ1) is 31.5. The summed E-state index contributed by atoms with van der Waals surface area (Å²) < 4.78 is 6.59. The van der Waals surface area contributed by atoms with Gasteiger partial charge in [-0.3, -0.25) is 14.5 Å². The number of carbonyl (C=O) groups excluding carboxylic acids is 2. The molecule has 0 spiro atoms. The van der Waals surface area contributed by atoms with E-state index in [1.165, 1.54) is 28.0 Å². The number of aliphatic hydroxyl groups is 1. The third-order valence-corrected chi connectivity index (χ3v) is 10.3. The van der Waals surface area contributed by atoms with Crippen molar-refractivity contribution in [1.29, 1.82) is 0 Å². The van der Waals surface area contributed by atoms with Crippen LogP contribution in [0.2, 0.25) is 5.02 Å². The van der Waals surface area contributed by atoms with Crippen molar-refractivity contribution in [3.8, 4) is 5.75 Å². The molecule has 5 aromatic rings. The van der Waals surface area contributed by atoms with Gasteiger partial charge in [0.25, 0.3) is 5.78 Å². The Morgan fingerprint density at radius 2 is 1.63 bits per heavy atom. The van der Waals surface area contributed by atoms with Crippen LogP contribution in [0.3, 0.4) is 0 Å². The largest absolute Gasteiger partial charge is 0.507 e. The van der Waals surface area contributed by atoms with Crippen molar-refractivity contribution in [2.45, 2.75) is 43.0 Å². The molecule has 1 fully saturated rings. The van der Waals surface area contributed by atoms with Gasteiger partial charge in [0, 0.05) is 16.3 Å². The maximum atomic E-state index is 13.6. The van der Waals surface area contributed by atoms with Crippen molar-refractivity contribution in [1.82, 2.24) is 10.2 Å². The zero-order valence-electron chi connectivity index (χ0n) is 25.1. The van der Waals surface area contributed by atoms with Crippen LogP contribution in [0.15, 0.2) is 107 Å². The van der Waals surface area contributed by atoms with Crippen molar-refractivity contribution >= 4 is 57.3 Å². The quantitative estimate of drug-likeness (QED) is 0.0524. The monoisotopic (exact) mass is 667 g/mol. The maximum absolute atomic E-state index is 13.6. The molecule has 6 rings (SSSR count). The number of thioether (sulfide) groups is 1. The highest BCUT2D eigenvalue weighted by Crippen LogP contribution is 2.44.